The fourth-order valence-electron chi connectivity index (χ4n) is 3.97. The number of hydrogen-bond acceptors (Lipinski definition) is 2. The summed E-state index contributed by atoms with van der Waals surface area (Å²) in [7, 11) is 0. The highest BCUT2D eigenvalue weighted by molar-refractivity contribution is 6.31. The molecule has 0 heterocycles. The first-order chi connectivity index (χ1) is 17.9. The van der Waals surface area contributed by atoms with Gasteiger partial charge in [-0.05, 0) is 82.9 Å². The van der Waals surface area contributed by atoms with Crippen LogP contribution < -0.4 is 0 Å². The van der Waals surface area contributed by atoms with Crippen LogP contribution in [0, 0.1) is 11.6 Å². The summed E-state index contributed by atoms with van der Waals surface area (Å²) in [6.45, 7) is 3.74. The van der Waals surface area contributed by atoms with E-state index in [9.17, 15) is 19.0 Å². The molecule has 4 atom stereocenters. The van der Waals surface area contributed by atoms with Crippen LogP contribution >= 0.6 is 46.4 Å². The lowest BCUT2D eigenvalue weighted by atomic mass is 9.91. The van der Waals surface area contributed by atoms with E-state index in [0.717, 1.165) is 11.1 Å². The fourth-order valence-corrected chi connectivity index (χ4v) is 4.68. The fraction of sp³-hybridized carbons (Fsp3) is 0.200. The summed E-state index contributed by atoms with van der Waals surface area (Å²) in [5.74, 6) is -1.28. The van der Waals surface area contributed by atoms with Crippen molar-refractivity contribution in [2.24, 2.45) is 0 Å². The van der Waals surface area contributed by atoms with Gasteiger partial charge in [-0.2, -0.15) is 0 Å². The van der Waals surface area contributed by atoms with Gasteiger partial charge in [0.05, 0.1) is 12.2 Å². The predicted octanol–water partition coefficient (Wildman–Crippen LogP) is 9.94. The van der Waals surface area contributed by atoms with Gasteiger partial charge < -0.3 is 10.2 Å². The van der Waals surface area contributed by atoms with Crippen molar-refractivity contribution in [1.82, 2.24) is 0 Å². The molecule has 0 aliphatic rings. The zero-order valence-corrected chi connectivity index (χ0v) is 23.6. The maximum absolute atomic E-state index is 13.3. The molecule has 2 nitrogen and oxygen atoms in total. The third-order valence-electron chi connectivity index (χ3n) is 6.19. The molecule has 2 N–H and O–H groups in total. The van der Waals surface area contributed by atoms with Gasteiger partial charge in [0.15, 0.2) is 0 Å². The molecule has 4 aromatic carbocycles. The lowest BCUT2D eigenvalue weighted by molar-refractivity contribution is 0.151. The Bertz CT molecular complexity index is 1200. The van der Waals surface area contributed by atoms with Crippen LogP contribution in [0.1, 0.15) is 60.1 Å². The zero-order chi connectivity index (χ0) is 28.0. The minimum absolute atomic E-state index is 0.185. The highest BCUT2D eigenvalue weighted by Gasteiger charge is 2.20. The smallest absolute Gasteiger partial charge is 0.125 e. The molecule has 0 aromatic heterocycles. The van der Waals surface area contributed by atoms with Gasteiger partial charge in [0.25, 0.3) is 0 Å². The second-order valence-electron chi connectivity index (χ2n) is 8.98. The Labute approximate surface area is 241 Å². The molecule has 0 fully saturated rings. The van der Waals surface area contributed by atoms with Crippen LogP contribution in [0.3, 0.4) is 0 Å². The van der Waals surface area contributed by atoms with Gasteiger partial charge in [-0.15, -0.1) is 0 Å². The van der Waals surface area contributed by atoms with Crippen LogP contribution in [0.4, 0.5) is 8.78 Å². The topological polar surface area (TPSA) is 40.5 Å². The molecule has 0 unspecified atom stereocenters. The first-order valence-electron chi connectivity index (χ1n) is 11.7. The molecule has 0 aliphatic heterocycles. The Morgan fingerprint density at radius 2 is 0.789 bits per heavy atom. The summed E-state index contributed by atoms with van der Waals surface area (Å²) in [5, 5.41) is 22.4. The number of aliphatic hydroxyl groups excluding tert-OH is 2. The summed E-state index contributed by atoms with van der Waals surface area (Å²) in [6, 6.07) is 22.6. The second kappa shape index (κ2) is 13.7. The molecule has 0 saturated carbocycles. The molecule has 0 saturated heterocycles. The molecule has 200 valence electrons. The van der Waals surface area contributed by atoms with Gasteiger partial charge in [-0.3, -0.25) is 0 Å². The zero-order valence-electron chi connectivity index (χ0n) is 20.6. The van der Waals surface area contributed by atoms with E-state index in [1.807, 2.05) is 38.1 Å². The van der Waals surface area contributed by atoms with Gasteiger partial charge in [0, 0.05) is 31.9 Å². The van der Waals surface area contributed by atoms with Crippen molar-refractivity contribution >= 4 is 46.4 Å². The van der Waals surface area contributed by atoms with E-state index >= 15 is 0 Å². The highest BCUT2D eigenvalue weighted by atomic mass is 35.5. The maximum Gasteiger partial charge on any atom is 0.125 e. The van der Waals surface area contributed by atoms with E-state index in [2.05, 4.69) is 0 Å². The van der Waals surface area contributed by atoms with Crippen molar-refractivity contribution < 1.29 is 19.0 Å². The van der Waals surface area contributed by atoms with E-state index in [0.29, 0.717) is 21.2 Å². The highest BCUT2D eigenvalue weighted by Crippen LogP contribution is 2.34. The summed E-state index contributed by atoms with van der Waals surface area (Å²) in [4.78, 5) is 0. The molecule has 0 bridgehead atoms. The molecule has 4 aromatic rings. The van der Waals surface area contributed by atoms with Crippen molar-refractivity contribution in [2.75, 3.05) is 0 Å². The Morgan fingerprint density at radius 3 is 1.08 bits per heavy atom. The summed E-state index contributed by atoms with van der Waals surface area (Å²) in [6.07, 6.45) is -1.65. The Hall–Kier alpha value is -2.18. The third-order valence-corrected chi connectivity index (χ3v) is 7.13. The molecule has 8 heteroatoms. The van der Waals surface area contributed by atoms with E-state index < -0.39 is 23.8 Å². The van der Waals surface area contributed by atoms with Crippen LogP contribution in [-0.2, 0) is 0 Å². The van der Waals surface area contributed by atoms with E-state index in [1.54, 1.807) is 36.4 Å². The van der Waals surface area contributed by atoms with Crippen LogP contribution in [0.5, 0.6) is 0 Å². The summed E-state index contributed by atoms with van der Waals surface area (Å²) in [5.41, 5.74) is 2.79. The van der Waals surface area contributed by atoms with Crippen LogP contribution in [0.15, 0.2) is 84.9 Å². The molecular weight excluding hydrogens is 572 g/mol. The van der Waals surface area contributed by atoms with Crippen LogP contribution in [-0.4, -0.2) is 10.2 Å². The SMILES string of the molecule is C[C@H](c1ccc(Cl)cc1)[C@@H](O)c1cc(F)cc(Cl)c1.C[C@H](c1ccc(Cl)cc1)[C@H](O)c1cc(F)cc(Cl)c1. The largest absolute Gasteiger partial charge is 0.388 e. The maximum atomic E-state index is 13.3. The first-order valence-corrected chi connectivity index (χ1v) is 13.2. The lowest BCUT2D eigenvalue weighted by Crippen LogP contribution is -2.08. The number of benzene rings is 4. The molecule has 0 radical (unpaired) electrons. The van der Waals surface area contributed by atoms with Crippen molar-refractivity contribution in [2.45, 2.75) is 37.9 Å². The number of halogens is 6. The number of aliphatic hydroxyl groups is 2. The molecule has 4 rings (SSSR count). The minimum atomic E-state index is -0.825. The second-order valence-corrected chi connectivity index (χ2v) is 10.7. The van der Waals surface area contributed by atoms with Crippen molar-refractivity contribution in [3.63, 3.8) is 0 Å². The predicted molar refractivity (Wildman–Crippen MR) is 152 cm³/mol. The van der Waals surface area contributed by atoms with Crippen LogP contribution in [0.2, 0.25) is 20.1 Å². The third kappa shape index (κ3) is 8.41. The standard InChI is InChI=1S/2C15H13Cl2FO/c2*1-9(10-2-4-12(16)5-3-10)15(19)11-6-13(17)8-14(18)7-11/h2*2-9,15,19H,1H3/t9-,15+;9-,15-/m11/s1. The molecule has 0 aliphatic carbocycles. The average molecular weight is 598 g/mol. The molecule has 0 spiro atoms. The monoisotopic (exact) mass is 596 g/mol. The minimum Gasteiger partial charge on any atom is -0.388 e. The van der Waals surface area contributed by atoms with E-state index in [4.69, 9.17) is 46.4 Å². The van der Waals surface area contributed by atoms with Gasteiger partial charge in [-0.25, -0.2) is 8.78 Å². The summed E-state index contributed by atoms with van der Waals surface area (Å²) >= 11 is 23.2. The van der Waals surface area contributed by atoms with Gasteiger partial charge in [0.2, 0.25) is 0 Å². The molecular formula is C30H26Cl4F2O2. The van der Waals surface area contributed by atoms with Crippen molar-refractivity contribution in [3.8, 4) is 0 Å². The first kappa shape index (κ1) is 30.4. The number of rotatable bonds is 6. The Kier molecular flexibility index (Phi) is 11.0. The van der Waals surface area contributed by atoms with Gasteiger partial charge >= 0.3 is 0 Å². The average Bonchev–Trinajstić information content (AvgIpc) is 2.87. The lowest BCUT2D eigenvalue weighted by Gasteiger charge is -2.20. The van der Waals surface area contributed by atoms with E-state index in [-0.39, 0.29) is 21.9 Å². The molecule has 0 amide bonds. The van der Waals surface area contributed by atoms with Gasteiger partial charge in [0.1, 0.15) is 11.6 Å². The number of hydrogen-bond donors (Lipinski definition) is 2. The summed E-state index contributed by atoms with van der Waals surface area (Å²) < 4.78 is 26.6. The quantitative estimate of drug-likeness (QED) is 0.232. The van der Waals surface area contributed by atoms with Crippen LogP contribution in [0.25, 0.3) is 0 Å². The van der Waals surface area contributed by atoms with Crippen molar-refractivity contribution in [3.05, 3.63) is 139 Å². The Morgan fingerprint density at radius 1 is 0.474 bits per heavy atom. The normalized spacial score (nSPS) is 14.2. The van der Waals surface area contributed by atoms with Crippen molar-refractivity contribution in [1.29, 1.82) is 0 Å². The van der Waals surface area contributed by atoms with Gasteiger partial charge in [-0.1, -0.05) is 84.5 Å². The molecule has 38 heavy (non-hydrogen) atoms. The Balaban J connectivity index is 0.000000211. The van der Waals surface area contributed by atoms with E-state index in [1.165, 1.54) is 24.3 Å².